The van der Waals surface area contributed by atoms with E-state index in [0.717, 1.165) is 0 Å². The fraction of sp³-hybridized carbons (Fsp3) is 0.143. The van der Waals surface area contributed by atoms with E-state index in [0.29, 0.717) is 38.5 Å². The van der Waals surface area contributed by atoms with Crippen LogP contribution in [0.5, 0.6) is 0 Å². The molecule has 0 aliphatic heterocycles. The molecule has 0 unspecified atom stereocenters. The van der Waals surface area contributed by atoms with Crippen molar-refractivity contribution < 1.29 is 13.9 Å². The first-order valence-electron chi connectivity index (χ1n) is 8.18. The van der Waals surface area contributed by atoms with Crippen molar-refractivity contribution in [3.05, 3.63) is 86.7 Å². The molecule has 3 aromatic rings. The van der Waals surface area contributed by atoms with Crippen LogP contribution in [0.4, 0.5) is 0 Å². The first-order chi connectivity index (χ1) is 12.5. The zero-order chi connectivity index (χ0) is 18.7. The number of carbonyl (C=O) groups is 1. The van der Waals surface area contributed by atoms with Gasteiger partial charge in [0.1, 0.15) is 11.3 Å². The number of hydrogen-bond donors (Lipinski definition) is 0. The first kappa shape index (κ1) is 18.0. The maximum Gasteiger partial charge on any atom is 0.331 e. The average Bonchev–Trinajstić information content (AvgIpc) is 2.62. The van der Waals surface area contributed by atoms with Gasteiger partial charge in [-0.1, -0.05) is 35.9 Å². The molecule has 0 amide bonds. The Morgan fingerprint density at radius 2 is 1.85 bits per heavy atom. The van der Waals surface area contributed by atoms with E-state index in [-0.39, 0.29) is 12.0 Å². The van der Waals surface area contributed by atoms with Crippen LogP contribution in [0.2, 0.25) is 5.02 Å². The van der Waals surface area contributed by atoms with Gasteiger partial charge in [-0.3, -0.25) is 4.79 Å². The molecule has 0 radical (unpaired) electrons. The van der Waals surface area contributed by atoms with Crippen molar-refractivity contribution in [3.63, 3.8) is 0 Å². The minimum Gasteiger partial charge on any atom is -0.463 e. The topological polar surface area (TPSA) is 56.5 Å². The number of ether oxygens (including phenoxy) is 1. The molecule has 1 heterocycles. The Morgan fingerprint density at radius 3 is 2.54 bits per heavy atom. The predicted molar refractivity (Wildman–Crippen MR) is 102 cm³/mol. The quantitative estimate of drug-likeness (QED) is 0.492. The summed E-state index contributed by atoms with van der Waals surface area (Å²) >= 11 is 5.97. The molecule has 2 aromatic carbocycles. The summed E-state index contributed by atoms with van der Waals surface area (Å²) in [5, 5.41) is 1.02. The molecule has 0 saturated heterocycles. The van der Waals surface area contributed by atoms with E-state index < -0.39 is 5.97 Å². The molecule has 0 bridgehead atoms. The van der Waals surface area contributed by atoms with Gasteiger partial charge in [0, 0.05) is 16.7 Å². The van der Waals surface area contributed by atoms with Gasteiger partial charge in [0.05, 0.1) is 17.6 Å². The van der Waals surface area contributed by atoms with Crippen LogP contribution >= 0.6 is 11.6 Å². The van der Waals surface area contributed by atoms with Gasteiger partial charge < -0.3 is 9.15 Å². The molecule has 132 valence electrons. The summed E-state index contributed by atoms with van der Waals surface area (Å²) in [6.45, 7) is 3.68. The van der Waals surface area contributed by atoms with Crippen LogP contribution in [0.3, 0.4) is 0 Å². The van der Waals surface area contributed by atoms with Gasteiger partial charge in [0.2, 0.25) is 5.43 Å². The van der Waals surface area contributed by atoms with Crippen molar-refractivity contribution >= 4 is 34.1 Å². The van der Waals surface area contributed by atoms with Crippen molar-refractivity contribution in [3.8, 4) is 0 Å². The monoisotopic (exact) mass is 368 g/mol. The van der Waals surface area contributed by atoms with Gasteiger partial charge in [-0.25, -0.2) is 4.79 Å². The molecule has 26 heavy (non-hydrogen) atoms. The fourth-order valence-corrected chi connectivity index (χ4v) is 2.92. The molecule has 0 spiro atoms. The van der Waals surface area contributed by atoms with E-state index in [1.54, 1.807) is 62.4 Å². The zero-order valence-corrected chi connectivity index (χ0v) is 15.2. The summed E-state index contributed by atoms with van der Waals surface area (Å²) in [5.41, 5.74) is 1.75. The number of halogens is 1. The molecule has 0 aliphatic carbocycles. The fourth-order valence-electron chi connectivity index (χ4n) is 2.80. The Kier molecular flexibility index (Phi) is 5.24. The standard InChI is InChI=1S/C21H17ClO4/c1-3-25-19(23)12-17(14-8-10-15(22)11-9-14)20-13(2)26-18-7-5-4-6-16(18)21(20)24/h4-12H,3H2,1-2H3/b17-12+. The summed E-state index contributed by atoms with van der Waals surface area (Å²) in [6, 6.07) is 13.9. The highest BCUT2D eigenvalue weighted by atomic mass is 35.5. The Labute approximate surface area is 155 Å². The molecule has 0 aliphatic rings. The Bertz CT molecular complexity index is 1050. The third-order valence-corrected chi connectivity index (χ3v) is 4.20. The van der Waals surface area contributed by atoms with Crippen molar-refractivity contribution in [1.82, 2.24) is 0 Å². The van der Waals surface area contributed by atoms with Gasteiger partial charge >= 0.3 is 5.97 Å². The summed E-state index contributed by atoms with van der Waals surface area (Å²) < 4.78 is 10.9. The van der Waals surface area contributed by atoms with Crippen LogP contribution in [0.1, 0.15) is 23.8 Å². The van der Waals surface area contributed by atoms with Gasteiger partial charge in [-0.2, -0.15) is 0 Å². The van der Waals surface area contributed by atoms with E-state index >= 15 is 0 Å². The van der Waals surface area contributed by atoms with Crippen molar-refractivity contribution in [1.29, 1.82) is 0 Å². The molecule has 5 heteroatoms. The highest BCUT2D eigenvalue weighted by Crippen LogP contribution is 2.27. The van der Waals surface area contributed by atoms with E-state index in [9.17, 15) is 9.59 Å². The van der Waals surface area contributed by atoms with Gasteiger partial charge in [0.25, 0.3) is 0 Å². The smallest absolute Gasteiger partial charge is 0.331 e. The highest BCUT2D eigenvalue weighted by molar-refractivity contribution is 6.30. The third-order valence-electron chi connectivity index (χ3n) is 3.95. The van der Waals surface area contributed by atoms with E-state index in [2.05, 4.69) is 0 Å². The molecule has 1 aromatic heterocycles. The second kappa shape index (κ2) is 7.58. The Morgan fingerprint density at radius 1 is 1.15 bits per heavy atom. The number of hydrogen-bond acceptors (Lipinski definition) is 4. The predicted octanol–water partition coefficient (Wildman–Crippen LogP) is 4.75. The lowest BCUT2D eigenvalue weighted by molar-refractivity contribution is -0.137. The summed E-state index contributed by atoms with van der Waals surface area (Å²) in [7, 11) is 0. The summed E-state index contributed by atoms with van der Waals surface area (Å²) in [4.78, 5) is 25.2. The third kappa shape index (κ3) is 3.55. The molecule has 4 nitrogen and oxygen atoms in total. The minimum absolute atomic E-state index is 0.199. The van der Waals surface area contributed by atoms with Crippen molar-refractivity contribution in [2.45, 2.75) is 13.8 Å². The van der Waals surface area contributed by atoms with Crippen molar-refractivity contribution in [2.24, 2.45) is 0 Å². The van der Waals surface area contributed by atoms with E-state index in [1.165, 1.54) is 6.08 Å². The molecular formula is C21H17ClO4. The number of benzene rings is 2. The van der Waals surface area contributed by atoms with Crippen LogP contribution in [0, 0.1) is 6.92 Å². The highest BCUT2D eigenvalue weighted by Gasteiger charge is 2.18. The number of aryl methyl sites for hydroxylation is 1. The van der Waals surface area contributed by atoms with Crippen LogP contribution in [-0.4, -0.2) is 12.6 Å². The molecule has 0 atom stereocenters. The lowest BCUT2D eigenvalue weighted by Gasteiger charge is -2.11. The Hall–Kier alpha value is -2.85. The Balaban J connectivity index is 2.28. The summed E-state index contributed by atoms with van der Waals surface area (Å²) in [5.74, 6) is -0.0939. The lowest BCUT2D eigenvalue weighted by atomic mass is 9.95. The normalized spacial score (nSPS) is 11.6. The summed E-state index contributed by atoms with van der Waals surface area (Å²) in [6.07, 6.45) is 1.32. The molecule has 0 saturated carbocycles. The number of esters is 1. The zero-order valence-electron chi connectivity index (χ0n) is 14.4. The number of fused-ring (bicyclic) bond motifs is 1. The second-order valence-electron chi connectivity index (χ2n) is 5.68. The van der Waals surface area contributed by atoms with Gasteiger partial charge in [0.15, 0.2) is 0 Å². The molecule has 3 rings (SSSR count). The van der Waals surface area contributed by atoms with Crippen LogP contribution < -0.4 is 5.43 Å². The minimum atomic E-state index is -0.524. The number of carbonyl (C=O) groups excluding carboxylic acids is 1. The van der Waals surface area contributed by atoms with Crippen LogP contribution in [0.15, 0.2) is 63.8 Å². The average molecular weight is 369 g/mol. The van der Waals surface area contributed by atoms with E-state index in [4.69, 9.17) is 20.8 Å². The van der Waals surface area contributed by atoms with Gasteiger partial charge in [-0.15, -0.1) is 0 Å². The molecule has 0 fully saturated rings. The maximum atomic E-state index is 13.1. The SMILES string of the molecule is CCOC(=O)/C=C(\c1ccc(Cl)cc1)c1c(C)oc2ccccc2c1=O. The number of rotatable bonds is 4. The van der Waals surface area contributed by atoms with E-state index in [1.807, 2.05) is 0 Å². The molecular weight excluding hydrogens is 352 g/mol. The van der Waals surface area contributed by atoms with Crippen molar-refractivity contribution in [2.75, 3.05) is 6.61 Å². The second-order valence-corrected chi connectivity index (χ2v) is 6.11. The van der Waals surface area contributed by atoms with Gasteiger partial charge in [-0.05, 0) is 43.7 Å². The largest absolute Gasteiger partial charge is 0.463 e. The number of para-hydroxylation sites is 1. The molecule has 0 N–H and O–H groups in total. The van der Waals surface area contributed by atoms with Crippen LogP contribution in [0.25, 0.3) is 16.5 Å². The maximum absolute atomic E-state index is 13.1. The lowest BCUT2D eigenvalue weighted by Crippen LogP contribution is -2.13. The van der Waals surface area contributed by atoms with Crippen LogP contribution in [-0.2, 0) is 9.53 Å². The first-order valence-corrected chi connectivity index (χ1v) is 8.56.